The number of nitrogens with one attached hydrogen (secondary N) is 1. The maximum atomic E-state index is 11.9. The number of halogens is 1. The fourth-order valence-electron chi connectivity index (χ4n) is 1.94. The van der Waals surface area contributed by atoms with E-state index in [2.05, 4.69) is 26.4 Å². The molecule has 1 aliphatic rings. The molecule has 1 atom stereocenters. The Morgan fingerprint density at radius 1 is 1.62 bits per heavy atom. The fourth-order valence-corrected chi connectivity index (χ4v) is 3.38. The third-order valence-electron chi connectivity index (χ3n) is 2.82. The van der Waals surface area contributed by atoms with Crippen molar-refractivity contribution < 1.29 is 19.1 Å². The third-order valence-corrected chi connectivity index (χ3v) is 4.56. The number of ether oxygens (including phenoxy) is 2. The molecule has 1 aliphatic heterocycles. The lowest BCUT2D eigenvalue weighted by atomic mass is 10.00. The minimum atomic E-state index is -0.661. The van der Waals surface area contributed by atoms with E-state index in [1.165, 1.54) is 11.3 Å². The number of nitrogens with zero attached hydrogens (tertiary/aromatic N) is 1. The van der Waals surface area contributed by atoms with E-state index >= 15 is 0 Å². The average Bonchev–Trinajstić information content (AvgIpc) is 2.83. The highest BCUT2D eigenvalue weighted by molar-refractivity contribution is 9.10. The predicted molar refractivity (Wildman–Crippen MR) is 81.9 cm³/mol. The minimum absolute atomic E-state index is 0.115. The molecule has 21 heavy (non-hydrogen) atoms. The van der Waals surface area contributed by atoms with Gasteiger partial charge in [0.05, 0.1) is 13.2 Å². The van der Waals surface area contributed by atoms with E-state index in [0.29, 0.717) is 19.6 Å². The topological polar surface area (TPSA) is 69.7 Å². The summed E-state index contributed by atoms with van der Waals surface area (Å²) in [6, 6.07) is 0. The molecule has 0 aliphatic carbocycles. The van der Waals surface area contributed by atoms with Crippen LogP contribution in [0.3, 0.4) is 0 Å². The van der Waals surface area contributed by atoms with Gasteiger partial charge in [-0.05, 0) is 36.7 Å². The van der Waals surface area contributed by atoms with Crippen LogP contribution in [0, 0.1) is 0 Å². The van der Waals surface area contributed by atoms with Gasteiger partial charge in [-0.15, -0.1) is 11.3 Å². The number of hydroxylamine groups is 1. The zero-order valence-corrected chi connectivity index (χ0v) is 14.7. The Balaban J connectivity index is 2.05. The monoisotopic (exact) mass is 378 g/mol. The Bertz CT molecular complexity index is 495. The summed E-state index contributed by atoms with van der Waals surface area (Å²) in [7, 11) is 0. The summed E-state index contributed by atoms with van der Waals surface area (Å²) in [5, 5.41) is 2.71. The summed E-state index contributed by atoms with van der Waals surface area (Å²) >= 11 is 4.83. The molecule has 0 spiro atoms. The molecule has 2 rings (SSSR count). The lowest BCUT2D eigenvalue weighted by molar-refractivity contribution is -0.178. The first-order chi connectivity index (χ1) is 9.81. The van der Waals surface area contributed by atoms with Gasteiger partial charge in [0.15, 0.2) is 0 Å². The van der Waals surface area contributed by atoms with Crippen LogP contribution in [0.4, 0.5) is 0 Å². The minimum Gasteiger partial charge on any atom is -0.458 e. The van der Waals surface area contributed by atoms with Crippen molar-refractivity contribution in [3.05, 3.63) is 15.0 Å². The Hall–Kier alpha value is -0.540. The van der Waals surface area contributed by atoms with Gasteiger partial charge >= 0.3 is 5.97 Å². The molecule has 0 radical (unpaired) electrons. The van der Waals surface area contributed by atoms with E-state index in [1.54, 1.807) is 0 Å². The van der Waals surface area contributed by atoms with E-state index in [9.17, 15) is 4.79 Å². The number of thiazole rings is 1. The maximum Gasteiger partial charge on any atom is 0.332 e. The van der Waals surface area contributed by atoms with Crippen molar-refractivity contribution in [2.45, 2.75) is 38.4 Å². The Morgan fingerprint density at radius 2 is 2.38 bits per heavy atom. The summed E-state index contributed by atoms with van der Waals surface area (Å²) in [4.78, 5) is 21.4. The molecule has 1 aromatic rings. The molecule has 1 saturated heterocycles. The molecular formula is C13H19BrN2O4S. The van der Waals surface area contributed by atoms with E-state index in [-0.39, 0.29) is 12.6 Å². The number of rotatable bonds is 4. The lowest BCUT2D eigenvalue weighted by Crippen LogP contribution is -2.47. The first-order valence-electron chi connectivity index (χ1n) is 6.63. The van der Waals surface area contributed by atoms with Crippen LogP contribution in [0.1, 0.15) is 32.2 Å². The van der Waals surface area contributed by atoms with Gasteiger partial charge in [0, 0.05) is 11.8 Å². The third kappa shape index (κ3) is 4.72. The van der Waals surface area contributed by atoms with Crippen LogP contribution in [0.2, 0.25) is 0 Å². The van der Waals surface area contributed by atoms with Crippen LogP contribution in [-0.4, -0.2) is 36.3 Å². The first kappa shape index (κ1) is 16.8. The van der Waals surface area contributed by atoms with Gasteiger partial charge in [0.25, 0.3) is 0 Å². The quantitative estimate of drug-likeness (QED) is 0.811. The molecule has 0 aromatic carbocycles. The van der Waals surface area contributed by atoms with Crippen LogP contribution >= 0.6 is 27.3 Å². The SMILES string of the molecule is CC(C)(C)OC(=O)COC1(c2nc(Br)cs2)CCONC1. The van der Waals surface area contributed by atoms with Gasteiger partial charge in [-0.1, -0.05) is 0 Å². The number of hydrogen-bond acceptors (Lipinski definition) is 7. The van der Waals surface area contributed by atoms with Crippen molar-refractivity contribution in [1.29, 1.82) is 0 Å². The van der Waals surface area contributed by atoms with Gasteiger partial charge in [0.2, 0.25) is 0 Å². The average molecular weight is 379 g/mol. The molecule has 8 heteroatoms. The fraction of sp³-hybridized carbons (Fsp3) is 0.692. The Morgan fingerprint density at radius 3 is 2.90 bits per heavy atom. The van der Waals surface area contributed by atoms with Gasteiger partial charge in [0.1, 0.15) is 27.4 Å². The molecule has 0 saturated carbocycles. The summed E-state index contributed by atoms with van der Waals surface area (Å²) in [5.41, 5.74) is 1.65. The van der Waals surface area contributed by atoms with Gasteiger partial charge in [-0.3, -0.25) is 0 Å². The second-order valence-corrected chi connectivity index (χ2v) is 7.43. The zero-order chi connectivity index (χ0) is 15.5. The largest absolute Gasteiger partial charge is 0.458 e. The number of carbonyl (C=O) groups excluding carboxylic acids is 1. The van der Waals surface area contributed by atoms with Gasteiger partial charge < -0.3 is 14.3 Å². The second-order valence-electron chi connectivity index (χ2n) is 5.76. The second kappa shape index (κ2) is 6.70. The number of aromatic nitrogens is 1. The standard InChI is InChI=1S/C13H19BrN2O4S/c1-12(2,3)20-10(17)6-18-13(4-5-19-15-8-13)11-16-9(14)7-21-11/h7,15H,4-6,8H2,1-3H3. The summed E-state index contributed by atoms with van der Waals surface area (Å²) in [5.74, 6) is -0.385. The number of esters is 1. The maximum absolute atomic E-state index is 11.9. The van der Waals surface area contributed by atoms with E-state index < -0.39 is 11.2 Å². The molecule has 6 nitrogen and oxygen atoms in total. The molecule has 2 heterocycles. The van der Waals surface area contributed by atoms with E-state index in [4.69, 9.17) is 14.3 Å². The predicted octanol–water partition coefficient (Wildman–Crippen LogP) is 2.38. The normalized spacial score (nSPS) is 23.0. The Labute approximate surface area is 136 Å². The van der Waals surface area contributed by atoms with Crippen LogP contribution < -0.4 is 5.48 Å². The summed E-state index contributed by atoms with van der Waals surface area (Å²) in [6.07, 6.45) is 0.628. The van der Waals surface area contributed by atoms with E-state index in [0.717, 1.165) is 9.61 Å². The molecule has 0 bridgehead atoms. The van der Waals surface area contributed by atoms with Crippen LogP contribution in [0.15, 0.2) is 9.98 Å². The number of hydrogen-bond donors (Lipinski definition) is 1. The summed E-state index contributed by atoms with van der Waals surface area (Å²) < 4.78 is 11.9. The van der Waals surface area contributed by atoms with Gasteiger partial charge in [-0.25, -0.2) is 9.78 Å². The molecule has 0 amide bonds. The van der Waals surface area contributed by atoms with Crippen molar-refractivity contribution in [3.8, 4) is 0 Å². The van der Waals surface area contributed by atoms with Crippen LogP contribution in [0.25, 0.3) is 0 Å². The van der Waals surface area contributed by atoms with Crippen molar-refractivity contribution in [2.75, 3.05) is 19.8 Å². The van der Waals surface area contributed by atoms with Gasteiger partial charge in [-0.2, -0.15) is 5.48 Å². The molecule has 1 unspecified atom stereocenters. The van der Waals surface area contributed by atoms with Crippen molar-refractivity contribution in [2.24, 2.45) is 0 Å². The van der Waals surface area contributed by atoms with Crippen LogP contribution in [0.5, 0.6) is 0 Å². The van der Waals surface area contributed by atoms with E-state index in [1.807, 2.05) is 26.2 Å². The first-order valence-corrected chi connectivity index (χ1v) is 8.30. The highest BCUT2D eigenvalue weighted by atomic mass is 79.9. The smallest absolute Gasteiger partial charge is 0.332 e. The molecular weight excluding hydrogens is 360 g/mol. The number of carbonyl (C=O) groups is 1. The lowest BCUT2D eigenvalue weighted by Gasteiger charge is -2.35. The molecule has 1 fully saturated rings. The molecule has 1 aromatic heterocycles. The summed E-state index contributed by atoms with van der Waals surface area (Å²) in [6.45, 7) is 6.30. The Kier molecular flexibility index (Phi) is 5.37. The van der Waals surface area contributed by atoms with Crippen molar-refractivity contribution >= 4 is 33.2 Å². The van der Waals surface area contributed by atoms with Crippen LogP contribution in [-0.2, 0) is 24.7 Å². The van der Waals surface area contributed by atoms with Crippen molar-refractivity contribution in [1.82, 2.24) is 10.5 Å². The zero-order valence-electron chi connectivity index (χ0n) is 12.3. The highest BCUT2D eigenvalue weighted by Crippen LogP contribution is 2.34. The van der Waals surface area contributed by atoms with Crippen molar-refractivity contribution in [3.63, 3.8) is 0 Å². The molecule has 118 valence electrons. The highest BCUT2D eigenvalue weighted by Gasteiger charge is 2.39. The molecule has 1 N–H and O–H groups in total.